The summed E-state index contributed by atoms with van der Waals surface area (Å²) in [5, 5.41) is 9.66. The Morgan fingerprint density at radius 1 is 1.12 bits per heavy atom. The van der Waals surface area contributed by atoms with Gasteiger partial charge in [0.05, 0.1) is 21.8 Å². The van der Waals surface area contributed by atoms with Crippen LogP contribution in [0.15, 0.2) is 52.6 Å². The minimum atomic E-state index is -4.63. The van der Waals surface area contributed by atoms with Crippen LogP contribution in [0.2, 0.25) is 0 Å². The van der Waals surface area contributed by atoms with Gasteiger partial charge in [0.2, 0.25) is 0 Å². The highest BCUT2D eigenvalue weighted by atomic mass is 32.2. The summed E-state index contributed by atoms with van der Waals surface area (Å²) in [5.41, 5.74) is -0.244. The predicted octanol–water partition coefficient (Wildman–Crippen LogP) is 5.44. The number of benzene rings is 1. The van der Waals surface area contributed by atoms with Crippen molar-refractivity contribution in [1.82, 2.24) is 4.90 Å². The van der Waals surface area contributed by atoms with Crippen molar-refractivity contribution in [2.24, 2.45) is 5.92 Å². The van der Waals surface area contributed by atoms with Crippen molar-refractivity contribution in [1.29, 1.82) is 0 Å². The Hall–Kier alpha value is -2.29. The normalized spacial score (nSPS) is 18.5. The Balaban J connectivity index is 1.72. The molecule has 182 valence electrons. The zero-order valence-electron chi connectivity index (χ0n) is 18.5. The summed E-state index contributed by atoms with van der Waals surface area (Å²) in [6, 6.07) is 3.73. The molecule has 1 N–H and O–H groups in total. The van der Waals surface area contributed by atoms with Gasteiger partial charge < -0.3 is 10.0 Å². The van der Waals surface area contributed by atoms with Gasteiger partial charge in [0.25, 0.3) is 0 Å². The number of carbonyl (C=O) groups is 1. The number of aliphatic carboxylic acids is 1. The minimum absolute atomic E-state index is 0.125. The van der Waals surface area contributed by atoms with Gasteiger partial charge in [-0.1, -0.05) is 37.8 Å². The SMILES string of the molecule is O=C(O)C1=C(CCCS(=O)(=O)c2cccc(C(F)(F)F)c2)N(CC2CCCCCC2)CC=C1. The first-order valence-corrected chi connectivity index (χ1v) is 13.0. The number of rotatable bonds is 8. The molecular weight excluding hydrogens is 455 g/mol. The average Bonchev–Trinajstić information content (AvgIpc) is 3.02. The second-order valence-corrected chi connectivity index (χ2v) is 10.9. The number of hydrogen-bond acceptors (Lipinski definition) is 4. The first-order chi connectivity index (χ1) is 15.6. The number of allylic oxidation sites excluding steroid dienone is 1. The number of halogens is 3. The number of alkyl halides is 3. The second kappa shape index (κ2) is 10.8. The van der Waals surface area contributed by atoms with Crippen LogP contribution in [0, 0.1) is 5.92 Å². The van der Waals surface area contributed by atoms with Crippen molar-refractivity contribution in [2.75, 3.05) is 18.8 Å². The van der Waals surface area contributed by atoms with E-state index in [1.54, 1.807) is 6.08 Å². The maximum atomic E-state index is 13.0. The van der Waals surface area contributed by atoms with Crippen molar-refractivity contribution in [3.05, 3.63) is 53.3 Å². The molecule has 2 aliphatic rings. The lowest BCUT2D eigenvalue weighted by Crippen LogP contribution is -2.33. The Morgan fingerprint density at radius 3 is 2.45 bits per heavy atom. The van der Waals surface area contributed by atoms with Crippen molar-refractivity contribution in [3.63, 3.8) is 0 Å². The molecule has 0 radical (unpaired) electrons. The third kappa shape index (κ3) is 6.85. The smallest absolute Gasteiger partial charge is 0.416 e. The molecule has 5 nitrogen and oxygen atoms in total. The van der Waals surface area contributed by atoms with E-state index in [0.717, 1.165) is 50.4 Å². The lowest BCUT2D eigenvalue weighted by Gasteiger charge is -2.33. The molecule has 1 aliphatic carbocycles. The molecule has 1 aromatic rings. The summed E-state index contributed by atoms with van der Waals surface area (Å²) < 4.78 is 64.2. The third-order valence-electron chi connectivity index (χ3n) is 6.33. The highest BCUT2D eigenvalue weighted by molar-refractivity contribution is 7.91. The molecule has 0 spiro atoms. The summed E-state index contributed by atoms with van der Waals surface area (Å²) in [7, 11) is -3.94. The topological polar surface area (TPSA) is 74.7 Å². The van der Waals surface area contributed by atoms with Crippen LogP contribution >= 0.6 is 0 Å². The van der Waals surface area contributed by atoms with Gasteiger partial charge in [-0.25, -0.2) is 13.2 Å². The van der Waals surface area contributed by atoms with E-state index in [-0.39, 0.29) is 29.1 Å². The molecule has 0 aromatic heterocycles. The number of hydrogen-bond donors (Lipinski definition) is 1. The van der Waals surface area contributed by atoms with Crippen LogP contribution in [0.1, 0.15) is 56.9 Å². The number of nitrogens with zero attached hydrogens (tertiary/aromatic N) is 1. The van der Waals surface area contributed by atoms with Gasteiger partial charge in [0.15, 0.2) is 9.84 Å². The molecule has 0 saturated heterocycles. The van der Waals surface area contributed by atoms with Gasteiger partial charge in [-0.3, -0.25) is 0 Å². The highest BCUT2D eigenvalue weighted by Gasteiger charge is 2.32. The molecular formula is C24H30F3NO4S. The molecule has 0 unspecified atom stereocenters. The molecule has 1 aliphatic heterocycles. The van der Waals surface area contributed by atoms with Crippen molar-refractivity contribution >= 4 is 15.8 Å². The van der Waals surface area contributed by atoms with E-state index in [1.165, 1.54) is 12.8 Å². The zero-order valence-corrected chi connectivity index (χ0v) is 19.3. The van der Waals surface area contributed by atoms with E-state index in [9.17, 15) is 31.5 Å². The average molecular weight is 486 g/mol. The zero-order chi connectivity index (χ0) is 24.1. The van der Waals surface area contributed by atoms with Gasteiger partial charge in [0, 0.05) is 18.8 Å². The largest absolute Gasteiger partial charge is 0.478 e. The maximum absolute atomic E-state index is 13.0. The lowest BCUT2D eigenvalue weighted by atomic mass is 9.97. The van der Waals surface area contributed by atoms with Gasteiger partial charge in [-0.15, -0.1) is 0 Å². The van der Waals surface area contributed by atoms with E-state index in [2.05, 4.69) is 0 Å². The molecule has 0 atom stereocenters. The molecule has 1 fully saturated rings. The van der Waals surface area contributed by atoms with Gasteiger partial charge in [-0.2, -0.15) is 13.2 Å². The number of carboxylic acid groups (broad SMARTS) is 1. The Kier molecular flexibility index (Phi) is 8.26. The van der Waals surface area contributed by atoms with Crippen LogP contribution in [-0.2, 0) is 20.8 Å². The third-order valence-corrected chi connectivity index (χ3v) is 8.13. The van der Waals surface area contributed by atoms with Crippen molar-refractivity contribution in [3.8, 4) is 0 Å². The quantitative estimate of drug-likeness (QED) is 0.497. The molecule has 9 heteroatoms. The Labute approximate surface area is 192 Å². The van der Waals surface area contributed by atoms with Crippen molar-refractivity contribution < 1.29 is 31.5 Å². The van der Waals surface area contributed by atoms with E-state index in [4.69, 9.17) is 0 Å². The first kappa shape index (κ1) is 25.3. The molecule has 1 heterocycles. The molecule has 0 amide bonds. The van der Waals surface area contributed by atoms with Crippen LogP contribution in [0.4, 0.5) is 13.2 Å². The molecule has 1 aromatic carbocycles. The Morgan fingerprint density at radius 2 is 1.82 bits per heavy atom. The molecule has 0 bridgehead atoms. The van der Waals surface area contributed by atoms with Gasteiger partial charge in [-0.05, 0) is 55.9 Å². The maximum Gasteiger partial charge on any atom is 0.416 e. The summed E-state index contributed by atoms with van der Waals surface area (Å²) >= 11 is 0. The van der Waals surface area contributed by atoms with Crippen LogP contribution in [-0.4, -0.2) is 43.2 Å². The lowest BCUT2D eigenvalue weighted by molar-refractivity contribution is -0.137. The molecule has 3 rings (SSSR count). The fourth-order valence-corrected chi connectivity index (χ4v) is 5.97. The first-order valence-electron chi connectivity index (χ1n) is 11.4. The van der Waals surface area contributed by atoms with Crippen molar-refractivity contribution in [2.45, 2.75) is 62.4 Å². The highest BCUT2D eigenvalue weighted by Crippen LogP contribution is 2.32. The van der Waals surface area contributed by atoms with E-state index >= 15 is 0 Å². The molecule has 1 saturated carbocycles. The number of carboxylic acids is 1. The fraction of sp³-hybridized carbons (Fsp3) is 0.542. The van der Waals surface area contributed by atoms with Gasteiger partial charge >= 0.3 is 12.1 Å². The summed E-state index contributed by atoms with van der Waals surface area (Å²) in [5.74, 6) is -0.948. The standard InChI is InChI=1S/C24H30F3NO4S/c25-24(26,27)19-10-5-11-20(16-19)33(31,32)15-7-13-22-21(23(29)30)12-6-14-28(22)17-18-8-3-1-2-4-9-18/h5-6,10-12,16,18H,1-4,7-9,13-15,17H2,(H,29,30). The van der Waals surface area contributed by atoms with Crippen LogP contribution in [0.3, 0.4) is 0 Å². The van der Waals surface area contributed by atoms with Crippen LogP contribution in [0.5, 0.6) is 0 Å². The fourth-order valence-electron chi connectivity index (χ4n) is 4.62. The van der Waals surface area contributed by atoms with E-state index in [1.807, 2.05) is 11.0 Å². The van der Waals surface area contributed by atoms with E-state index < -0.39 is 27.5 Å². The van der Waals surface area contributed by atoms with Crippen LogP contribution < -0.4 is 0 Å². The predicted molar refractivity (Wildman–Crippen MR) is 119 cm³/mol. The monoisotopic (exact) mass is 485 g/mol. The summed E-state index contributed by atoms with van der Waals surface area (Å²) in [6.45, 7) is 1.31. The van der Waals surface area contributed by atoms with Gasteiger partial charge in [0.1, 0.15) is 0 Å². The summed E-state index contributed by atoms with van der Waals surface area (Å²) in [4.78, 5) is 13.5. The second-order valence-electron chi connectivity index (χ2n) is 8.78. The summed E-state index contributed by atoms with van der Waals surface area (Å²) in [6.07, 6.45) is 6.05. The molecule has 33 heavy (non-hydrogen) atoms. The van der Waals surface area contributed by atoms with E-state index in [0.29, 0.717) is 24.2 Å². The Bertz CT molecular complexity index is 1010. The minimum Gasteiger partial charge on any atom is -0.478 e. The number of sulfone groups is 1. The van der Waals surface area contributed by atoms with Crippen LogP contribution in [0.25, 0.3) is 0 Å².